The second-order valence-electron chi connectivity index (χ2n) is 1.95. The van der Waals surface area contributed by atoms with Crippen LogP contribution in [0.1, 0.15) is 0 Å². The summed E-state index contributed by atoms with van der Waals surface area (Å²) >= 11 is 0. The molecule has 0 saturated heterocycles. The Bertz CT molecular complexity index is 272. The van der Waals surface area contributed by atoms with Gasteiger partial charge in [0.1, 0.15) is 11.5 Å². The van der Waals surface area contributed by atoms with Gasteiger partial charge in [-0.2, -0.15) is 0 Å². The lowest BCUT2D eigenvalue weighted by Gasteiger charge is -2.00. The van der Waals surface area contributed by atoms with E-state index >= 15 is 0 Å². The van der Waals surface area contributed by atoms with Gasteiger partial charge in [-0.15, -0.1) is 4.91 Å². The van der Waals surface area contributed by atoms with Crippen molar-refractivity contribution in [2.45, 2.75) is 0 Å². The van der Waals surface area contributed by atoms with E-state index in [0.29, 0.717) is 5.75 Å². The monoisotopic (exact) mass is 153 g/mol. The van der Waals surface area contributed by atoms with Crippen LogP contribution < -0.4 is 4.74 Å². The second-order valence-corrected chi connectivity index (χ2v) is 1.95. The van der Waals surface area contributed by atoms with Crippen LogP contribution in [-0.4, -0.2) is 12.2 Å². The van der Waals surface area contributed by atoms with Gasteiger partial charge in [0.15, 0.2) is 5.69 Å². The number of phenolic OH excluding ortho intramolecular Hbond substituents is 1. The summed E-state index contributed by atoms with van der Waals surface area (Å²) in [5, 5.41) is 11.6. The van der Waals surface area contributed by atoms with Gasteiger partial charge in [0.05, 0.1) is 7.11 Å². The third-order valence-corrected chi connectivity index (χ3v) is 1.26. The lowest BCUT2D eigenvalue weighted by Crippen LogP contribution is -1.81. The molecule has 0 unspecified atom stereocenters. The quantitative estimate of drug-likeness (QED) is 0.659. The van der Waals surface area contributed by atoms with Crippen LogP contribution in [0.2, 0.25) is 0 Å². The Morgan fingerprint density at radius 1 is 1.55 bits per heavy atom. The maximum atomic E-state index is 10.1. The average Bonchev–Trinajstić information content (AvgIpc) is 2.04. The summed E-state index contributed by atoms with van der Waals surface area (Å²) in [6, 6.07) is 4.14. The zero-order chi connectivity index (χ0) is 8.27. The first-order valence-electron chi connectivity index (χ1n) is 2.98. The fraction of sp³-hybridized carbons (Fsp3) is 0.143. The predicted molar refractivity (Wildman–Crippen MR) is 40.1 cm³/mol. The summed E-state index contributed by atoms with van der Waals surface area (Å²) in [6.07, 6.45) is 0. The maximum absolute atomic E-state index is 10.1. The minimum atomic E-state index is 0.000370. The van der Waals surface area contributed by atoms with Crippen molar-refractivity contribution >= 4 is 5.69 Å². The van der Waals surface area contributed by atoms with E-state index in [0.717, 1.165) is 0 Å². The Balaban J connectivity index is 3.16. The number of methoxy groups -OCH3 is 1. The van der Waals surface area contributed by atoms with Crippen molar-refractivity contribution < 1.29 is 9.84 Å². The molecular formula is C7H7NO3. The predicted octanol–water partition coefficient (Wildman–Crippen LogP) is 1.80. The van der Waals surface area contributed by atoms with Gasteiger partial charge in [0.25, 0.3) is 0 Å². The number of aromatic hydroxyl groups is 1. The van der Waals surface area contributed by atoms with E-state index in [4.69, 9.17) is 9.84 Å². The van der Waals surface area contributed by atoms with Gasteiger partial charge in [-0.05, 0) is 17.3 Å². The molecule has 0 fully saturated rings. The summed E-state index contributed by atoms with van der Waals surface area (Å²) in [7, 11) is 1.43. The lowest BCUT2D eigenvalue weighted by atomic mass is 10.3. The van der Waals surface area contributed by atoms with Crippen molar-refractivity contribution in [3.8, 4) is 11.5 Å². The third kappa shape index (κ3) is 1.46. The van der Waals surface area contributed by atoms with Gasteiger partial charge in [-0.25, -0.2) is 0 Å². The molecule has 0 saturated carbocycles. The number of ether oxygens (including phenoxy) is 1. The van der Waals surface area contributed by atoms with Gasteiger partial charge in [0.2, 0.25) is 0 Å². The summed E-state index contributed by atoms with van der Waals surface area (Å²) < 4.78 is 4.79. The molecule has 58 valence electrons. The molecular weight excluding hydrogens is 146 g/mol. The third-order valence-electron chi connectivity index (χ3n) is 1.26. The van der Waals surface area contributed by atoms with Crippen molar-refractivity contribution in [2.75, 3.05) is 7.11 Å². The van der Waals surface area contributed by atoms with E-state index in [9.17, 15) is 4.91 Å². The first kappa shape index (κ1) is 7.53. The molecule has 0 aromatic heterocycles. The molecule has 0 radical (unpaired) electrons. The second kappa shape index (κ2) is 3.01. The molecule has 0 bridgehead atoms. The number of rotatable bonds is 2. The van der Waals surface area contributed by atoms with Crippen LogP contribution >= 0.6 is 0 Å². The minimum Gasteiger partial charge on any atom is -0.508 e. The van der Waals surface area contributed by atoms with Crippen LogP contribution in [0.15, 0.2) is 23.4 Å². The van der Waals surface area contributed by atoms with Crippen LogP contribution in [0.5, 0.6) is 11.5 Å². The number of nitrogens with zero attached hydrogens (tertiary/aromatic N) is 1. The van der Waals surface area contributed by atoms with Crippen molar-refractivity contribution in [2.24, 2.45) is 5.18 Å². The molecule has 1 aromatic carbocycles. The van der Waals surface area contributed by atoms with E-state index < -0.39 is 0 Å². The average molecular weight is 153 g/mol. The molecule has 1 aromatic rings. The number of hydrogen-bond acceptors (Lipinski definition) is 4. The first-order valence-corrected chi connectivity index (χ1v) is 2.98. The Kier molecular flexibility index (Phi) is 2.06. The normalized spacial score (nSPS) is 9.18. The lowest BCUT2D eigenvalue weighted by molar-refractivity contribution is 0.413. The molecule has 0 heterocycles. The Morgan fingerprint density at radius 2 is 2.27 bits per heavy atom. The van der Waals surface area contributed by atoms with E-state index in [-0.39, 0.29) is 11.4 Å². The zero-order valence-corrected chi connectivity index (χ0v) is 5.94. The van der Waals surface area contributed by atoms with Gasteiger partial charge >= 0.3 is 0 Å². The highest BCUT2D eigenvalue weighted by molar-refractivity contribution is 5.54. The molecule has 1 N–H and O–H groups in total. The summed E-state index contributed by atoms with van der Waals surface area (Å²) in [4.78, 5) is 10.1. The van der Waals surface area contributed by atoms with Crippen LogP contribution in [-0.2, 0) is 0 Å². The Morgan fingerprint density at radius 3 is 2.82 bits per heavy atom. The highest BCUT2D eigenvalue weighted by Crippen LogP contribution is 2.30. The van der Waals surface area contributed by atoms with Crippen molar-refractivity contribution in [1.29, 1.82) is 0 Å². The maximum Gasteiger partial charge on any atom is 0.153 e. The summed E-state index contributed by atoms with van der Waals surface area (Å²) in [5.74, 6) is 0.359. The van der Waals surface area contributed by atoms with Crippen LogP contribution in [0.4, 0.5) is 5.69 Å². The molecule has 4 nitrogen and oxygen atoms in total. The smallest absolute Gasteiger partial charge is 0.153 e. The van der Waals surface area contributed by atoms with Crippen LogP contribution in [0, 0.1) is 4.91 Å². The van der Waals surface area contributed by atoms with Gasteiger partial charge < -0.3 is 9.84 Å². The van der Waals surface area contributed by atoms with Gasteiger partial charge in [-0.1, -0.05) is 0 Å². The number of hydrogen-bond donors (Lipinski definition) is 1. The van der Waals surface area contributed by atoms with Crippen LogP contribution in [0.3, 0.4) is 0 Å². The van der Waals surface area contributed by atoms with E-state index in [1.54, 1.807) is 0 Å². The largest absolute Gasteiger partial charge is 0.508 e. The molecule has 1 rings (SSSR count). The molecule has 0 amide bonds. The molecule has 0 aliphatic rings. The van der Waals surface area contributed by atoms with Gasteiger partial charge in [0, 0.05) is 6.07 Å². The fourth-order valence-corrected chi connectivity index (χ4v) is 0.750. The molecule has 0 aliphatic carbocycles. The highest BCUT2D eigenvalue weighted by atomic mass is 16.5. The van der Waals surface area contributed by atoms with Gasteiger partial charge in [-0.3, -0.25) is 0 Å². The summed E-state index contributed by atoms with van der Waals surface area (Å²) in [6.45, 7) is 0. The first-order chi connectivity index (χ1) is 5.27. The molecule has 4 heteroatoms. The Labute approximate surface area is 63.4 Å². The SMILES string of the molecule is COc1ccc(O)cc1N=O. The molecule has 0 atom stereocenters. The number of phenols is 1. The van der Waals surface area contributed by atoms with Crippen molar-refractivity contribution in [1.82, 2.24) is 0 Å². The fourth-order valence-electron chi connectivity index (χ4n) is 0.750. The molecule has 11 heavy (non-hydrogen) atoms. The number of benzene rings is 1. The topological polar surface area (TPSA) is 58.9 Å². The van der Waals surface area contributed by atoms with Crippen molar-refractivity contribution in [3.63, 3.8) is 0 Å². The van der Waals surface area contributed by atoms with E-state index in [1.165, 1.54) is 25.3 Å². The number of nitroso groups, excluding NO2 is 1. The summed E-state index contributed by atoms with van der Waals surface area (Å²) in [5.41, 5.74) is 0.104. The van der Waals surface area contributed by atoms with E-state index in [2.05, 4.69) is 5.18 Å². The molecule has 0 aliphatic heterocycles. The van der Waals surface area contributed by atoms with Crippen molar-refractivity contribution in [3.05, 3.63) is 23.1 Å². The van der Waals surface area contributed by atoms with E-state index in [1.807, 2.05) is 0 Å². The Hall–Kier alpha value is -1.58. The zero-order valence-electron chi connectivity index (χ0n) is 5.94. The van der Waals surface area contributed by atoms with Crippen LogP contribution in [0.25, 0.3) is 0 Å². The standard InChI is InChI=1S/C7H7NO3/c1-11-7-3-2-5(9)4-6(7)8-10/h2-4,9H,1H3. The minimum absolute atomic E-state index is 0.000370. The highest BCUT2D eigenvalue weighted by Gasteiger charge is 2.02. The molecule has 0 spiro atoms.